The summed E-state index contributed by atoms with van der Waals surface area (Å²) < 4.78 is 11.7. The van der Waals surface area contributed by atoms with Gasteiger partial charge >= 0.3 is 0 Å². The molecule has 0 unspecified atom stereocenters. The molecule has 1 aliphatic heterocycles. The highest BCUT2D eigenvalue weighted by atomic mass is 16.8. The zero-order valence-electron chi connectivity index (χ0n) is 9.15. The summed E-state index contributed by atoms with van der Waals surface area (Å²) in [5.74, 6) is -0.464. The number of ether oxygens (including phenoxy) is 2. The Labute approximate surface area is 90.4 Å². The van der Waals surface area contributed by atoms with E-state index in [4.69, 9.17) is 9.47 Å². The quantitative estimate of drug-likeness (QED) is 0.518. The molecule has 2 rings (SSSR count). The number of carbonyl (C=O) groups is 1. The molecule has 1 saturated carbocycles. The summed E-state index contributed by atoms with van der Waals surface area (Å²) in [5, 5.41) is 0. The summed E-state index contributed by atoms with van der Waals surface area (Å²) >= 11 is 0. The minimum Gasteiger partial charge on any atom is -0.339 e. The standard InChI is InChI=1S/C12H18O3/c1-2-6-10-11(9-13)15-12(14-10)7-4-3-5-8-12/h2,6,9-11H,3-5,7-8H2,1H3/b6-2+/t10-,11-/m0/s1. The number of hydrogen-bond donors (Lipinski definition) is 0. The average Bonchev–Trinajstić information content (AvgIpc) is 2.58. The van der Waals surface area contributed by atoms with Crippen LogP contribution in [-0.4, -0.2) is 24.3 Å². The lowest BCUT2D eigenvalue weighted by atomic mass is 9.94. The van der Waals surface area contributed by atoms with Crippen molar-refractivity contribution in [2.75, 3.05) is 0 Å². The molecule has 0 bridgehead atoms. The first kappa shape index (κ1) is 10.8. The molecule has 0 aromatic rings. The molecule has 2 fully saturated rings. The van der Waals surface area contributed by atoms with Gasteiger partial charge in [0.2, 0.25) is 0 Å². The fourth-order valence-electron chi connectivity index (χ4n) is 2.43. The molecule has 15 heavy (non-hydrogen) atoms. The van der Waals surface area contributed by atoms with Crippen molar-refractivity contribution in [1.82, 2.24) is 0 Å². The molecule has 3 nitrogen and oxygen atoms in total. The van der Waals surface area contributed by atoms with Gasteiger partial charge in [0, 0.05) is 12.8 Å². The SMILES string of the molecule is C/C=C/[C@@H]1OC2(CCCCC2)O[C@H]1C=O. The first-order valence-corrected chi connectivity index (χ1v) is 5.73. The summed E-state index contributed by atoms with van der Waals surface area (Å²) in [7, 11) is 0. The molecule has 3 heteroatoms. The topological polar surface area (TPSA) is 35.5 Å². The Hall–Kier alpha value is -0.670. The van der Waals surface area contributed by atoms with Crippen molar-refractivity contribution in [2.24, 2.45) is 0 Å². The fraction of sp³-hybridized carbons (Fsp3) is 0.750. The van der Waals surface area contributed by atoms with Crippen LogP contribution in [0.4, 0.5) is 0 Å². The maximum absolute atomic E-state index is 10.9. The van der Waals surface area contributed by atoms with E-state index in [2.05, 4.69) is 0 Å². The van der Waals surface area contributed by atoms with Gasteiger partial charge in [-0.15, -0.1) is 0 Å². The molecule has 0 amide bonds. The average molecular weight is 210 g/mol. The first-order chi connectivity index (χ1) is 7.29. The molecule has 1 spiro atoms. The smallest absolute Gasteiger partial charge is 0.170 e. The Morgan fingerprint density at radius 3 is 2.40 bits per heavy atom. The molecule has 2 aliphatic rings. The highest BCUT2D eigenvalue weighted by Gasteiger charge is 2.46. The monoisotopic (exact) mass is 210 g/mol. The van der Waals surface area contributed by atoms with Crippen molar-refractivity contribution in [3.63, 3.8) is 0 Å². The van der Waals surface area contributed by atoms with Crippen LogP contribution in [0.25, 0.3) is 0 Å². The first-order valence-electron chi connectivity index (χ1n) is 5.73. The summed E-state index contributed by atoms with van der Waals surface area (Å²) in [6.07, 6.45) is 9.42. The van der Waals surface area contributed by atoms with Crippen LogP contribution in [0, 0.1) is 0 Å². The predicted molar refractivity (Wildman–Crippen MR) is 56.4 cm³/mol. The van der Waals surface area contributed by atoms with Crippen molar-refractivity contribution in [1.29, 1.82) is 0 Å². The minimum atomic E-state index is -0.464. The number of hydrogen-bond acceptors (Lipinski definition) is 3. The zero-order valence-corrected chi connectivity index (χ0v) is 9.15. The van der Waals surface area contributed by atoms with E-state index >= 15 is 0 Å². The van der Waals surface area contributed by atoms with Crippen LogP contribution in [0.5, 0.6) is 0 Å². The molecule has 1 aliphatic carbocycles. The highest BCUT2D eigenvalue weighted by molar-refractivity contribution is 5.58. The van der Waals surface area contributed by atoms with Gasteiger partial charge in [-0.05, 0) is 19.8 Å². The van der Waals surface area contributed by atoms with E-state index in [1.165, 1.54) is 6.42 Å². The third kappa shape index (κ3) is 2.13. The van der Waals surface area contributed by atoms with Crippen LogP contribution in [0.3, 0.4) is 0 Å². The van der Waals surface area contributed by atoms with Crippen molar-refractivity contribution in [3.8, 4) is 0 Å². The molecule has 0 aromatic carbocycles. The fourth-order valence-corrected chi connectivity index (χ4v) is 2.43. The lowest BCUT2D eigenvalue weighted by Crippen LogP contribution is -2.33. The van der Waals surface area contributed by atoms with Gasteiger partial charge in [0.05, 0.1) is 0 Å². The van der Waals surface area contributed by atoms with E-state index in [0.29, 0.717) is 0 Å². The van der Waals surface area contributed by atoms with Crippen molar-refractivity contribution < 1.29 is 14.3 Å². The van der Waals surface area contributed by atoms with Crippen LogP contribution in [-0.2, 0) is 14.3 Å². The maximum atomic E-state index is 10.9. The van der Waals surface area contributed by atoms with Crippen LogP contribution >= 0.6 is 0 Å². The van der Waals surface area contributed by atoms with E-state index in [-0.39, 0.29) is 6.10 Å². The Bertz CT molecular complexity index is 254. The second-order valence-electron chi connectivity index (χ2n) is 4.30. The van der Waals surface area contributed by atoms with E-state index in [0.717, 1.165) is 32.0 Å². The van der Waals surface area contributed by atoms with E-state index in [1.807, 2.05) is 19.1 Å². The van der Waals surface area contributed by atoms with E-state index in [9.17, 15) is 4.79 Å². The highest BCUT2D eigenvalue weighted by Crippen LogP contribution is 2.40. The lowest BCUT2D eigenvalue weighted by Gasteiger charge is -2.31. The van der Waals surface area contributed by atoms with Gasteiger partial charge in [-0.3, -0.25) is 0 Å². The molecule has 1 saturated heterocycles. The van der Waals surface area contributed by atoms with Crippen LogP contribution < -0.4 is 0 Å². The molecule has 1 heterocycles. The van der Waals surface area contributed by atoms with Crippen molar-refractivity contribution in [2.45, 2.75) is 57.0 Å². The van der Waals surface area contributed by atoms with Gasteiger partial charge in [-0.2, -0.15) is 0 Å². The molecule has 2 atom stereocenters. The Balaban J connectivity index is 2.08. The second-order valence-corrected chi connectivity index (χ2v) is 4.30. The number of carbonyl (C=O) groups excluding carboxylic acids is 1. The summed E-state index contributed by atoms with van der Waals surface area (Å²) in [6.45, 7) is 1.93. The summed E-state index contributed by atoms with van der Waals surface area (Å²) in [4.78, 5) is 10.9. The Morgan fingerprint density at radius 2 is 1.80 bits per heavy atom. The Morgan fingerprint density at radius 1 is 1.13 bits per heavy atom. The summed E-state index contributed by atoms with van der Waals surface area (Å²) in [5.41, 5.74) is 0. The van der Waals surface area contributed by atoms with Crippen LogP contribution in [0.15, 0.2) is 12.2 Å². The molecule has 84 valence electrons. The molecule has 0 N–H and O–H groups in total. The number of allylic oxidation sites excluding steroid dienone is 1. The normalized spacial score (nSPS) is 35.0. The minimum absolute atomic E-state index is 0.189. The van der Waals surface area contributed by atoms with Gasteiger partial charge in [0.15, 0.2) is 12.1 Å². The third-order valence-corrected chi connectivity index (χ3v) is 3.16. The lowest BCUT2D eigenvalue weighted by molar-refractivity contribution is -0.190. The van der Waals surface area contributed by atoms with Gasteiger partial charge in [-0.1, -0.05) is 18.6 Å². The van der Waals surface area contributed by atoms with Gasteiger partial charge in [-0.25, -0.2) is 0 Å². The third-order valence-electron chi connectivity index (χ3n) is 3.16. The number of aldehydes is 1. The zero-order chi connectivity index (χ0) is 10.7. The van der Waals surface area contributed by atoms with Crippen molar-refractivity contribution >= 4 is 6.29 Å². The van der Waals surface area contributed by atoms with Gasteiger partial charge < -0.3 is 14.3 Å². The Kier molecular flexibility index (Phi) is 3.22. The maximum Gasteiger partial charge on any atom is 0.170 e. The molecule has 0 aromatic heterocycles. The van der Waals surface area contributed by atoms with Gasteiger partial charge in [0.1, 0.15) is 12.2 Å². The van der Waals surface area contributed by atoms with Crippen molar-refractivity contribution in [3.05, 3.63) is 12.2 Å². The molecular formula is C12H18O3. The van der Waals surface area contributed by atoms with E-state index in [1.54, 1.807) is 0 Å². The second kappa shape index (κ2) is 4.45. The van der Waals surface area contributed by atoms with Gasteiger partial charge in [0.25, 0.3) is 0 Å². The van der Waals surface area contributed by atoms with Crippen LogP contribution in [0.2, 0.25) is 0 Å². The van der Waals surface area contributed by atoms with E-state index < -0.39 is 11.9 Å². The van der Waals surface area contributed by atoms with Crippen LogP contribution in [0.1, 0.15) is 39.0 Å². The largest absolute Gasteiger partial charge is 0.339 e. The summed E-state index contributed by atoms with van der Waals surface area (Å²) in [6, 6.07) is 0. The number of rotatable bonds is 2. The molecular weight excluding hydrogens is 192 g/mol. The molecule has 0 radical (unpaired) electrons. The predicted octanol–water partition coefficient (Wildman–Crippen LogP) is 2.21.